The lowest BCUT2D eigenvalue weighted by Crippen LogP contribution is -2.60. The zero-order chi connectivity index (χ0) is 13.3. The summed E-state index contributed by atoms with van der Waals surface area (Å²) in [5.74, 6) is -0.102. The van der Waals surface area contributed by atoms with Crippen LogP contribution < -0.4 is 5.32 Å². The molecule has 1 heterocycles. The number of nitrogens with zero attached hydrogens (tertiary/aromatic N) is 1. The van der Waals surface area contributed by atoms with Gasteiger partial charge in [-0.3, -0.25) is 9.59 Å². The van der Waals surface area contributed by atoms with Gasteiger partial charge in [-0.25, -0.2) is 0 Å². The van der Waals surface area contributed by atoms with E-state index in [-0.39, 0.29) is 17.6 Å². The molecule has 1 aromatic carbocycles. The summed E-state index contributed by atoms with van der Waals surface area (Å²) in [6.45, 7) is 3.69. The third-order valence-corrected chi connectivity index (χ3v) is 3.12. The van der Waals surface area contributed by atoms with Crippen molar-refractivity contribution in [2.45, 2.75) is 32.5 Å². The van der Waals surface area contributed by atoms with Crippen LogP contribution >= 0.6 is 0 Å². The Morgan fingerprint density at radius 3 is 2.72 bits per heavy atom. The number of benzene rings is 1. The Bertz CT molecular complexity index is 487. The summed E-state index contributed by atoms with van der Waals surface area (Å²) < 4.78 is 0. The number of piperazine rings is 1. The molecule has 18 heavy (non-hydrogen) atoms. The Kier molecular flexibility index (Phi) is 3.23. The molecule has 2 atom stereocenters. The average Bonchev–Trinajstić information content (AvgIpc) is 2.32. The number of hydrogen-bond donors (Lipinski definition) is 2. The molecule has 0 spiro atoms. The van der Waals surface area contributed by atoms with Crippen molar-refractivity contribution in [1.82, 2.24) is 10.2 Å². The molecule has 96 valence electrons. The van der Waals surface area contributed by atoms with E-state index >= 15 is 0 Å². The van der Waals surface area contributed by atoms with Crippen molar-refractivity contribution in [1.29, 1.82) is 0 Å². The fourth-order valence-electron chi connectivity index (χ4n) is 2.04. The standard InChI is InChI=1S/C13H16N2O3/c1-8-13(18)15(9(2)12(17)14-8)7-10-4-3-5-11(16)6-10/h3-6,8-9,16H,7H2,1-2H3,(H,14,17). The first-order valence-electron chi connectivity index (χ1n) is 5.88. The first kappa shape index (κ1) is 12.4. The number of carbonyl (C=O) groups excluding carboxylic acids is 2. The van der Waals surface area contributed by atoms with Gasteiger partial charge in [-0.05, 0) is 31.5 Å². The van der Waals surface area contributed by atoms with Crippen LogP contribution in [0.25, 0.3) is 0 Å². The van der Waals surface area contributed by atoms with E-state index in [0.29, 0.717) is 6.54 Å². The molecule has 1 aliphatic heterocycles. The minimum absolute atomic E-state index is 0.106. The van der Waals surface area contributed by atoms with Crippen LogP contribution in [0.3, 0.4) is 0 Å². The topological polar surface area (TPSA) is 69.6 Å². The Balaban J connectivity index is 2.20. The SMILES string of the molecule is CC1NC(=O)C(C)N(Cc2cccc(O)c2)C1=O. The molecule has 5 heteroatoms. The van der Waals surface area contributed by atoms with E-state index in [9.17, 15) is 14.7 Å². The first-order chi connectivity index (χ1) is 8.49. The van der Waals surface area contributed by atoms with Gasteiger partial charge in [-0.2, -0.15) is 0 Å². The van der Waals surface area contributed by atoms with Gasteiger partial charge in [0.2, 0.25) is 11.8 Å². The molecule has 1 fully saturated rings. The summed E-state index contributed by atoms with van der Waals surface area (Å²) in [6.07, 6.45) is 0. The summed E-state index contributed by atoms with van der Waals surface area (Å²) >= 11 is 0. The van der Waals surface area contributed by atoms with E-state index in [1.807, 2.05) is 6.07 Å². The number of hydrogen-bond acceptors (Lipinski definition) is 3. The quantitative estimate of drug-likeness (QED) is 0.806. The number of rotatable bonds is 2. The van der Waals surface area contributed by atoms with Gasteiger partial charge in [0.1, 0.15) is 17.8 Å². The van der Waals surface area contributed by atoms with Crippen molar-refractivity contribution in [3.63, 3.8) is 0 Å². The van der Waals surface area contributed by atoms with Crippen LogP contribution in [0.2, 0.25) is 0 Å². The van der Waals surface area contributed by atoms with Crippen LogP contribution in [0.4, 0.5) is 0 Å². The molecule has 1 saturated heterocycles. The zero-order valence-electron chi connectivity index (χ0n) is 10.4. The lowest BCUT2D eigenvalue weighted by atomic mass is 10.1. The molecular weight excluding hydrogens is 232 g/mol. The van der Waals surface area contributed by atoms with Crippen LogP contribution in [-0.2, 0) is 16.1 Å². The Labute approximate surface area is 105 Å². The summed E-state index contributed by atoms with van der Waals surface area (Å²) in [5.41, 5.74) is 0.803. The lowest BCUT2D eigenvalue weighted by molar-refractivity contribution is -0.148. The molecule has 2 rings (SSSR count). The normalized spacial score (nSPS) is 24.0. The maximum atomic E-state index is 12.0. The van der Waals surface area contributed by atoms with Crippen molar-refractivity contribution < 1.29 is 14.7 Å². The minimum Gasteiger partial charge on any atom is -0.508 e. The molecule has 0 saturated carbocycles. The average molecular weight is 248 g/mol. The lowest BCUT2D eigenvalue weighted by Gasteiger charge is -2.36. The summed E-state index contributed by atoms with van der Waals surface area (Å²) in [4.78, 5) is 25.2. The molecule has 1 aliphatic rings. The first-order valence-corrected chi connectivity index (χ1v) is 5.88. The van der Waals surface area contributed by atoms with E-state index in [2.05, 4.69) is 5.32 Å². The zero-order valence-corrected chi connectivity index (χ0v) is 10.4. The van der Waals surface area contributed by atoms with E-state index in [1.54, 1.807) is 32.0 Å². The number of nitrogens with one attached hydrogen (secondary N) is 1. The second-order valence-corrected chi connectivity index (χ2v) is 4.54. The molecule has 2 unspecified atom stereocenters. The second kappa shape index (κ2) is 4.68. The molecular formula is C13H16N2O3. The predicted octanol–water partition coefficient (Wildman–Crippen LogP) is 0.628. The summed E-state index contributed by atoms with van der Waals surface area (Å²) in [5, 5.41) is 12.0. The van der Waals surface area contributed by atoms with Crippen molar-refractivity contribution >= 4 is 11.8 Å². The van der Waals surface area contributed by atoms with Crippen LogP contribution in [0.5, 0.6) is 5.75 Å². The van der Waals surface area contributed by atoms with Gasteiger partial charge in [0.25, 0.3) is 0 Å². The van der Waals surface area contributed by atoms with Crippen LogP contribution in [-0.4, -0.2) is 33.9 Å². The van der Waals surface area contributed by atoms with Gasteiger partial charge in [-0.1, -0.05) is 12.1 Å². The molecule has 5 nitrogen and oxygen atoms in total. The van der Waals surface area contributed by atoms with Crippen molar-refractivity contribution in [3.05, 3.63) is 29.8 Å². The van der Waals surface area contributed by atoms with Gasteiger partial charge in [0, 0.05) is 6.54 Å². The highest BCUT2D eigenvalue weighted by atomic mass is 16.3. The highest BCUT2D eigenvalue weighted by Gasteiger charge is 2.35. The maximum absolute atomic E-state index is 12.0. The number of aromatic hydroxyl groups is 1. The van der Waals surface area contributed by atoms with Gasteiger partial charge < -0.3 is 15.3 Å². The van der Waals surface area contributed by atoms with Gasteiger partial charge >= 0.3 is 0 Å². The molecule has 0 radical (unpaired) electrons. The third kappa shape index (κ3) is 2.30. The number of amides is 2. The fourth-order valence-corrected chi connectivity index (χ4v) is 2.04. The summed E-state index contributed by atoms with van der Waals surface area (Å²) in [6, 6.07) is 5.71. The molecule has 0 aliphatic carbocycles. The van der Waals surface area contributed by atoms with E-state index in [1.165, 1.54) is 4.90 Å². The molecule has 1 aromatic rings. The maximum Gasteiger partial charge on any atom is 0.245 e. The molecule has 0 aromatic heterocycles. The van der Waals surface area contributed by atoms with Gasteiger partial charge in [0.15, 0.2) is 0 Å². The molecule has 2 amide bonds. The predicted molar refractivity (Wildman–Crippen MR) is 65.7 cm³/mol. The number of phenolic OH excluding ortho intramolecular Hbond substituents is 1. The van der Waals surface area contributed by atoms with E-state index in [4.69, 9.17) is 0 Å². The van der Waals surface area contributed by atoms with Crippen LogP contribution in [0.15, 0.2) is 24.3 Å². The molecule has 2 N–H and O–H groups in total. The van der Waals surface area contributed by atoms with Gasteiger partial charge in [-0.15, -0.1) is 0 Å². The fraction of sp³-hybridized carbons (Fsp3) is 0.385. The number of phenols is 1. The van der Waals surface area contributed by atoms with Crippen LogP contribution in [0, 0.1) is 0 Å². The monoisotopic (exact) mass is 248 g/mol. The van der Waals surface area contributed by atoms with Crippen molar-refractivity contribution in [3.8, 4) is 5.75 Å². The van der Waals surface area contributed by atoms with E-state index < -0.39 is 12.1 Å². The third-order valence-electron chi connectivity index (χ3n) is 3.12. The largest absolute Gasteiger partial charge is 0.508 e. The van der Waals surface area contributed by atoms with Gasteiger partial charge in [0.05, 0.1) is 0 Å². The number of carbonyl (C=O) groups is 2. The smallest absolute Gasteiger partial charge is 0.245 e. The van der Waals surface area contributed by atoms with Crippen LogP contribution in [0.1, 0.15) is 19.4 Å². The Morgan fingerprint density at radius 1 is 1.33 bits per heavy atom. The minimum atomic E-state index is -0.494. The Morgan fingerprint density at radius 2 is 2.06 bits per heavy atom. The van der Waals surface area contributed by atoms with Crippen molar-refractivity contribution in [2.75, 3.05) is 0 Å². The highest BCUT2D eigenvalue weighted by Crippen LogP contribution is 2.17. The highest BCUT2D eigenvalue weighted by molar-refractivity contribution is 5.96. The van der Waals surface area contributed by atoms with E-state index in [0.717, 1.165) is 5.56 Å². The molecule has 0 bridgehead atoms. The second-order valence-electron chi connectivity index (χ2n) is 4.54. The van der Waals surface area contributed by atoms with Crippen molar-refractivity contribution in [2.24, 2.45) is 0 Å². The Hall–Kier alpha value is -2.04. The summed E-state index contributed by atoms with van der Waals surface area (Å²) in [7, 11) is 0.